The van der Waals surface area contributed by atoms with E-state index in [1.54, 1.807) is 0 Å². The Balaban J connectivity index is 2.36. The van der Waals surface area contributed by atoms with Crippen LogP contribution in [0.25, 0.3) is 0 Å². The van der Waals surface area contributed by atoms with E-state index in [1.807, 2.05) is 45.0 Å². The van der Waals surface area contributed by atoms with Crippen LogP contribution >= 0.6 is 27.5 Å². The number of aromatic nitrogens is 2. The topological polar surface area (TPSA) is 35.0 Å². The molecule has 2 aromatic rings. The summed E-state index contributed by atoms with van der Waals surface area (Å²) in [7, 11) is 0. The van der Waals surface area contributed by atoms with E-state index in [0.29, 0.717) is 16.9 Å². The largest absolute Gasteiger partial charge is 0.439 e. The molecule has 2 rings (SSSR count). The lowest BCUT2D eigenvalue weighted by atomic mass is 10.2. The first-order valence-corrected chi connectivity index (χ1v) is 7.12. The van der Waals surface area contributed by atoms with Crippen molar-refractivity contribution in [1.82, 2.24) is 9.97 Å². The van der Waals surface area contributed by atoms with Crippen LogP contribution in [0, 0.1) is 6.92 Å². The molecule has 19 heavy (non-hydrogen) atoms. The van der Waals surface area contributed by atoms with Gasteiger partial charge < -0.3 is 4.74 Å². The monoisotopic (exact) mass is 340 g/mol. The molecular weight excluding hydrogens is 328 g/mol. The maximum absolute atomic E-state index is 6.12. The summed E-state index contributed by atoms with van der Waals surface area (Å²) in [4.78, 5) is 8.68. The Morgan fingerprint density at radius 3 is 2.37 bits per heavy atom. The standard InChI is InChI=1S/C14H14BrClN2O/c1-8(2)13-17-12(16)9(3)14(18-13)19-11-6-4-10(15)5-7-11/h4-8H,1-3H3. The van der Waals surface area contributed by atoms with Gasteiger partial charge in [-0.15, -0.1) is 0 Å². The van der Waals surface area contributed by atoms with Crippen LogP contribution in [0.4, 0.5) is 0 Å². The van der Waals surface area contributed by atoms with Crippen molar-refractivity contribution in [3.05, 3.63) is 45.3 Å². The lowest BCUT2D eigenvalue weighted by Gasteiger charge is -2.12. The van der Waals surface area contributed by atoms with E-state index in [4.69, 9.17) is 16.3 Å². The number of halogens is 2. The molecule has 0 saturated heterocycles. The van der Waals surface area contributed by atoms with Crippen LogP contribution in [0.1, 0.15) is 31.2 Å². The maximum Gasteiger partial charge on any atom is 0.226 e. The van der Waals surface area contributed by atoms with Gasteiger partial charge in [-0.05, 0) is 31.2 Å². The zero-order chi connectivity index (χ0) is 14.0. The van der Waals surface area contributed by atoms with Gasteiger partial charge in [0.1, 0.15) is 16.7 Å². The summed E-state index contributed by atoms with van der Waals surface area (Å²) in [5.41, 5.74) is 0.744. The molecule has 0 N–H and O–H groups in total. The molecule has 100 valence electrons. The van der Waals surface area contributed by atoms with E-state index >= 15 is 0 Å². The minimum Gasteiger partial charge on any atom is -0.439 e. The lowest BCUT2D eigenvalue weighted by molar-refractivity contribution is 0.452. The Morgan fingerprint density at radius 2 is 1.79 bits per heavy atom. The second-order valence-corrected chi connectivity index (χ2v) is 5.79. The number of rotatable bonds is 3. The van der Waals surface area contributed by atoms with Gasteiger partial charge in [0.15, 0.2) is 0 Å². The number of benzene rings is 1. The van der Waals surface area contributed by atoms with Crippen molar-refractivity contribution >= 4 is 27.5 Å². The van der Waals surface area contributed by atoms with Gasteiger partial charge in [-0.25, -0.2) is 4.98 Å². The molecule has 5 heteroatoms. The van der Waals surface area contributed by atoms with Crippen molar-refractivity contribution in [3.8, 4) is 11.6 Å². The minimum absolute atomic E-state index is 0.199. The molecule has 0 radical (unpaired) electrons. The van der Waals surface area contributed by atoms with Gasteiger partial charge in [-0.3, -0.25) is 0 Å². The molecule has 1 heterocycles. The highest BCUT2D eigenvalue weighted by molar-refractivity contribution is 9.10. The van der Waals surface area contributed by atoms with E-state index in [9.17, 15) is 0 Å². The molecule has 0 atom stereocenters. The van der Waals surface area contributed by atoms with Crippen LogP contribution in [-0.4, -0.2) is 9.97 Å². The highest BCUT2D eigenvalue weighted by Crippen LogP contribution is 2.29. The third-order valence-electron chi connectivity index (χ3n) is 2.60. The Labute approximate surface area is 126 Å². The van der Waals surface area contributed by atoms with Crippen LogP contribution in [0.3, 0.4) is 0 Å². The summed E-state index contributed by atoms with van der Waals surface area (Å²) >= 11 is 9.50. The summed E-state index contributed by atoms with van der Waals surface area (Å²) in [6.07, 6.45) is 0. The first-order chi connectivity index (χ1) is 8.97. The van der Waals surface area contributed by atoms with Gasteiger partial charge >= 0.3 is 0 Å². The molecule has 1 aromatic heterocycles. The summed E-state index contributed by atoms with van der Waals surface area (Å²) < 4.78 is 6.78. The highest BCUT2D eigenvalue weighted by atomic mass is 79.9. The molecular formula is C14H14BrClN2O. The lowest BCUT2D eigenvalue weighted by Crippen LogP contribution is -2.02. The predicted octanol–water partition coefficient (Wildman–Crippen LogP) is 5.12. The number of hydrogen-bond acceptors (Lipinski definition) is 3. The predicted molar refractivity (Wildman–Crippen MR) is 80.1 cm³/mol. The highest BCUT2D eigenvalue weighted by Gasteiger charge is 2.13. The normalized spacial score (nSPS) is 10.8. The molecule has 0 spiro atoms. The first-order valence-electron chi connectivity index (χ1n) is 5.95. The van der Waals surface area contributed by atoms with Crippen LogP contribution < -0.4 is 4.74 Å². The van der Waals surface area contributed by atoms with Gasteiger partial charge in [0, 0.05) is 16.0 Å². The van der Waals surface area contributed by atoms with E-state index < -0.39 is 0 Å². The van der Waals surface area contributed by atoms with Gasteiger partial charge in [0.05, 0.1) is 0 Å². The number of ether oxygens (including phenoxy) is 1. The fourth-order valence-electron chi connectivity index (χ4n) is 1.46. The second kappa shape index (κ2) is 5.88. The van der Waals surface area contributed by atoms with Crippen molar-refractivity contribution in [1.29, 1.82) is 0 Å². The molecule has 1 aromatic carbocycles. The summed E-state index contributed by atoms with van der Waals surface area (Å²) in [6, 6.07) is 7.57. The third kappa shape index (κ3) is 3.45. The molecule has 0 aliphatic heterocycles. The van der Waals surface area contributed by atoms with Gasteiger partial charge in [0.25, 0.3) is 0 Å². The molecule has 0 fully saturated rings. The fraction of sp³-hybridized carbons (Fsp3) is 0.286. The Kier molecular flexibility index (Phi) is 4.42. The Morgan fingerprint density at radius 1 is 1.16 bits per heavy atom. The van der Waals surface area contributed by atoms with E-state index in [0.717, 1.165) is 15.8 Å². The molecule has 0 aliphatic rings. The van der Waals surface area contributed by atoms with Gasteiger partial charge in [0.2, 0.25) is 5.88 Å². The van der Waals surface area contributed by atoms with Crippen molar-refractivity contribution in [2.75, 3.05) is 0 Å². The average molecular weight is 342 g/mol. The van der Waals surface area contributed by atoms with Crippen LogP contribution in [0.5, 0.6) is 11.6 Å². The SMILES string of the molecule is Cc1c(Cl)nc(C(C)C)nc1Oc1ccc(Br)cc1. The second-order valence-electron chi connectivity index (χ2n) is 4.51. The van der Waals surface area contributed by atoms with Crippen molar-refractivity contribution in [2.45, 2.75) is 26.7 Å². The average Bonchev–Trinajstić information content (AvgIpc) is 2.37. The van der Waals surface area contributed by atoms with Crippen LogP contribution in [0.15, 0.2) is 28.7 Å². The van der Waals surface area contributed by atoms with Crippen LogP contribution in [0.2, 0.25) is 5.15 Å². The molecule has 3 nitrogen and oxygen atoms in total. The first kappa shape index (κ1) is 14.3. The summed E-state index contributed by atoms with van der Waals surface area (Å²) in [5, 5.41) is 0.436. The smallest absolute Gasteiger partial charge is 0.226 e. The summed E-state index contributed by atoms with van der Waals surface area (Å²) in [6.45, 7) is 5.88. The van der Waals surface area contributed by atoms with E-state index in [1.165, 1.54) is 0 Å². The zero-order valence-electron chi connectivity index (χ0n) is 10.9. The summed E-state index contributed by atoms with van der Waals surface area (Å²) in [5.74, 6) is 2.11. The van der Waals surface area contributed by atoms with Gasteiger partial charge in [-0.2, -0.15) is 4.98 Å². The quantitative estimate of drug-likeness (QED) is 0.727. The molecule has 0 unspecified atom stereocenters. The van der Waals surface area contributed by atoms with Crippen LogP contribution in [-0.2, 0) is 0 Å². The molecule has 0 aliphatic carbocycles. The van der Waals surface area contributed by atoms with Gasteiger partial charge in [-0.1, -0.05) is 41.4 Å². The zero-order valence-corrected chi connectivity index (χ0v) is 13.3. The Bertz CT molecular complexity index is 585. The molecule has 0 amide bonds. The van der Waals surface area contributed by atoms with E-state index in [-0.39, 0.29) is 5.92 Å². The van der Waals surface area contributed by atoms with Crippen molar-refractivity contribution < 1.29 is 4.74 Å². The minimum atomic E-state index is 0.199. The molecule has 0 saturated carbocycles. The molecule has 0 bridgehead atoms. The Hall–Kier alpha value is -1.13. The van der Waals surface area contributed by atoms with Crippen molar-refractivity contribution in [2.24, 2.45) is 0 Å². The maximum atomic E-state index is 6.12. The van der Waals surface area contributed by atoms with E-state index in [2.05, 4.69) is 25.9 Å². The number of hydrogen-bond donors (Lipinski definition) is 0. The van der Waals surface area contributed by atoms with Crippen molar-refractivity contribution in [3.63, 3.8) is 0 Å². The third-order valence-corrected chi connectivity index (χ3v) is 3.50. The fourth-order valence-corrected chi connectivity index (χ4v) is 1.89. The number of nitrogens with zero attached hydrogens (tertiary/aromatic N) is 2.